The molecule has 0 radical (unpaired) electrons. The Labute approximate surface area is 117 Å². The van der Waals surface area contributed by atoms with Crippen molar-refractivity contribution in [3.8, 4) is 12.3 Å². The lowest BCUT2D eigenvalue weighted by atomic mass is 10.2. The van der Waals surface area contributed by atoms with Gasteiger partial charge in [-0.2, -0.15) is 0 Å². The quantitative estimate of drug-likeness (QED) is 0.602. The monoisotopic (exact) mass is 283 g/mol. The van der Waals surface area contributed by atoms with Gasteiger partial charge in [0.05, 0.1) is 6.10 Å². The molecule has 1 aliphatic carbocycles. The topological polar surface area (TPSA) is 58.6 Å². The van der Waals surface area contributed by atoms with Gasteiger partial charge >= 0.3 is 6.09 Å². The summed E-state index contributed by atoms with van der Waals surface area (Å²) in [4.78, 5) is 10.7. The van der Waals surface area contributed by atoms with E-state index in [1.165, 1.54) is 0 Å². The third-order valence-electron chi connectivity index (χ3n) is 4.24. The third kappa shape index (κ3) is 4.25. The first kappa shape index (κ1) is 16.1. The number of hydrogen-bond donors (Lipinski definition) is 2. The molecule has 1 amide bonds. The van der Waals surface area contributed by atoms with Gasteiger partial charge in [0, 0.05) is 18.4 Å². The van der Waals surface area contributed by atoms with E-state index in [0.29, 0.717) is 12.5 Å². The zero-order chi connectivity index (χ0) is 14.8. The first-order chi connectivity index (χ1) is 8.58. The second-order valence-electron chi connectivity index (χ2n) is 6.78. The maximum absolute atomic E-state index is 10.7. The molecule has 108 valence electrons. The first-order valence-electron chi connectivity index (χ1n) is 6.69. The van der Waals surface area contributed by atoms with Gasteiger partial charge in [-0.3, -0.25) is 0 Å². The molecule has 0 bridgehead atoms. The molecule has 2 N–H and O–H groups in total. The highest BCUT2D eigenvalue weighted by atomic mass is 28.4. The summed E-state index contributed by atoms with van der Waals surface area (Å²) in [6.07, 6.45) is 5.27. The standard InChI is InChI=1S/C14H25NO3Si/c1-7-10-8-11(10)12(9-15-13(16)17)18-19(5,6)14(2,3)4/h1,10-12,15H,8-9H2,2-6H3,(H,16,17)/t10-,11-,12-/m0/s1. The molecule has 1 saturated carbocycles. The number of rotatable bonds is 5. The van der Waals surface area contributed by atoms with E-state index in [1.807, 2.05) is 0 Å². The van der Waals surface area contributed by atoms with Crippen LogP contribution in [0.2, 0.25) is 18.1 Å². The Bertz CT molecular complexity index is 381. The van der Waals surface area contributed by atoms with E-state index in [1.54, 1.807) is 0 Å². The number of carbonyl (C=O) groups is 1. The van der Waals surface area contributed by atoms with Crippen molar-refractivity contribution >= 4 is 14.4 Å². The molecule has 4 nitrogen and oxygen atoms in total. The summed E-state index contributed by atoms with van der Waals surface area (Å²) >= 11 is 0. The van der Waals surface area contributed by atoms with Gasteiger partial charge in [0.25, 0.3) is 0 Å². The van der Waals surface area contributed by atoms with E-state index in [2.05, 4.69) is 45.1 Å². The van der Waals surface area contributed by atoms with E-state index < -0.39 is 14.4 Å². The predicted octanol–water partition coefficient (Wildman–Crippen LogP) is 2.91. The number of carboxylic acid groups (broad SMARTS) is 1. The molecule has 0 aromatic carbocycles. The fourth-order valence-electron chi connectivity index (χ4n) is 1.84. The van der Waals surface area contributed by atoms with Crippen LogP contribution >= 0.6 is 0 Å². The molecule has 0 spiro atoms. The van der Waals surface area contributed by atoms with Gasteiger partial charge in [-0.05, 0) is 24.6 Å². The Morgan fingerprint density at radius 2 is 2.16 bits per heavy atom. The van der Waals surface area contributed by atoms with Crippen molar-refractivity contribution < 1.29 is 14.3 Å². The summed E-state index contributed by atoms with van der Waals surface area (Å²) in [6.45, 7) is 11.2. The lowest BCUT2D eigenvalue weighted by Crippen LogP contribution is -2.47. The Hall–Kier alpha value is -0.993. The second-order valence-corrected chi connectivity index (χ2v) is 11.5. The molecule has 1 rings (SSSR count). The van der Waals surface area contributed by atoms with Gasteiger partial charge in [-0.25, -0.2) is 4.79 Å². The first-order valence-corrected chi connectivity index (χ1v) is 9.60. The summed E-state index contributed by atoms with van der Waals surface area (Å²) in [5.41, 5.74) is 0. The molecule has 0 aromatic rings. The Morgan fingerprint density at radius 1 is 1.58 bits per heavy atom. The highest BCUT2D eigenvalue weighted by Crippen LogP contribution is 2.45. The van der Waals surface area contributed by atoms with E-state index in [0.717, 1.165) is 6.42 Å². The molecule has 0 unspecified atom stereocenters. The minimum Gasteiger partial charge on any atom is -0.465 e. The summed E-state index contributed by atoms with van der Waals surface area (Å²) in [6, 6.07) is 0. The van der Waals surface area contributed by atoms with Crippen molar-refractivity contribution in [2.75, 3.05) is 6.54 Å². The number of nitrogens with one attached hydrogen (secondary N) is 1. The van der Waals surface area contributed by atoms with Crippen LogP contribution < -0.4 is 5.32 Å². The van der Waals surface area contributed by atoms with Crippen LogP contribution in [0.25, 0.3) is 0 Å². The lowest BCUT2D eigenvalue weighted by Gasteiger charge is -2.39. The molecule has 0 heterocycles. The van der Waals surface area contributed by atoms with Gasteiger partial charge in [-0.1, -0.05) is 20.8 Å². The Kier molecular flexibility index (Phi) is 4.70. The molecule has 0 saturated heterocycles. The molecule has 5 heteroatoms. The molecule has 0 aliphatic heterocycles. The van der Waals surface area contributed by atoms with Crippen LogP contribution in [-0.2, 0) is 4.43 Å². The van der Waals surface area contributed by atoms with Gasteiger partial charge in [0.15, 0.2) is 8.32 Å². The van der Waals surface area contributed by atoms with Gasteiger partial charge in [0.2, 0.25) is 0 Å². The van der Waals surface area contributed by atoms with Crippen LogP contribution in [0.4, 0.5) is 4.79 Å². The van der Waals surface area contributed by atoms with E-state index in [-0.39, 0.29) is 17.1 Å². The van der Waals surface area contributed by atoms with Crippen molar-refractivity contribution in [2.24, 2.45) is 11.8 Å². The van der Waals surface area contributed by atoms with Crippen molar-refractivity contribution in [3.63, 3.8) is 0 Å². The van der Waals surface area contributed by atoms with Crippen molar-refractivity contribution in [1.29, 1.82) is 0 Å². The maximum atomic E-state index is 10.7. The molecule has 1 fully saturated rings. The number of hydrogen-bond acceptors (Lipinski definition) is 2. The number of amides is 1. The van der Waals surface area contributed by atoms with Crippen LogP contribution in [-0.4, -0.2) is 32.2 Å². The Balaban J connectivity index is 2.70. The Morgan fingerprint density at radius 3 is 2.53 bits per heavy atom. The second kappa shape index (κ2) is 5.56. The average Bonchev–Trinajstić information content (AvgIpc) is 3.01. The number of terminal acetylenes is 1. The average molecular weight is 283 g/mol. The summed E-state index contributed by atoms with van der Waals surface area (Å²) in [5, 5.41) is 11.3. The molecular formula is C14H25NO3Si. The van der Waals surface area contributed by atoms with Crippen LogP contribution in [0.5, 0.6) is 0 Å². The highest BCUT2D eigenvalue weighted by molar-refractivity contribution is 6.74. The minimum absolute atomic E-state index is 0.0990. The van der Waals surface area contributed by atoms with Crippen LogP contribution in [0.3, 0.4) is 0 Å². The molecular weight excluding hydrogens is 258 g/mol. The van der Waals surface area contributed by atoms with Crippen LogP contribution in [0, 0.1) is 24.2 Å². The van der Waals surface area contributed by atoms with Crippen LogP contribution in [0.15, 0.2) is 0 Å². The molecule has 1 aliphatic rings. The van der Waals surface area contributed by atoms with Gasteiger partial charge in [-0.15, -0.1) is 12.3 Å². The van der Waals surface area contributed by atoms with E-state index >= 15 is 0 Å². The largest absolute Gasteiger partial charge is 0.465 e. The van der Waals surface area contributed by atoms with Crippen LogP contribution in [0.1, 0.15) is 27.2 Å². The lowest BCUT2D eigenvalue weighted by molar-refractivity contribution is 0.144. The van der Waals surface area contributed by atoms with E-state index in [9.17, 15) is 4.79 Å². The predicted molar refractivity (Wildman–Crippen MR) is 78.5 cm³/mol. The van der Waals surface area contributed by atoms with Gasteiger partial charge in [0.1, 0.15) is 0 Å². The smallest absolute Gasteiger partial charge is 0.404 e. The minimum atomic E-state index is -1.91. The van der Waals surface area contributed by atoms with Crippen molar-refractivity contribution in [1.82, 2.24) is 5.32 Å². The zero-order valence-corrected chi connectivity index (χ0v) is 13.5. The van der Waals surface area contributed by atoms with Crippen molar-refractivity contribution in [3.05, 3.63) is 0 Å². The molecule has 19 heavy (non-hydrogen) atoms. The van der Waals surface area contributed by atoms with Crippen molar-refractivity contribution in [2.45, 2.75) is 51.4 Å². The normalized spacial score (nSPS) is 24.4. The summed E-state index contributed by atoms with van der Waals surface area (Å²) < 4.78 is 6.33. The molecule has 3 atom stereocenters. The van der Waals surface area contributed by atoms with Gasteiger partial charge < -0.3 is 14.8 Å². The third-order valence-corrected chi connectivity index (χ3v) is 8.74. The van der Waals surface area contributed by atoms with E-state index in [4.69, 9.17) is 16.0 Å². The SMILES string of the molecule is C#C[C@H]1C[C@@H]1[C@H](CNC(=O)O)O[Si](C)(C)C(C)(C)C. The zero-order valence-electron chi connectivity index (χ0n) is 12.5. The molecule has 0 aromatic heterocycles. The summed E-state index contributed by atoms with van der Waals surface area (Å²) in [7, 11) is -1.91. The fourth-order valence-corrected chi connectivity index (χ4v) is 3.21. The summed E-state index contributed by atoms with van der Waals surface area (Å²) in [5.74, 6) is 3.28. The fraction of sp³-hybridized carbons (Fsp3) is 0.786. The highest BCUT2D eigenvalue weighted by Gasteiger charge is 2.47. The maximum Gasteiger partial charge on any atom is 0.404 e.